The standard InChI is InChI=1S/C24H22N2O2S/c1-28-17-10-8-15(9-11-17)16-13-20-23(21(27)14-16)24(22-7-4-12-29-22)26-19-6-3-2-5-18(19)25-20/h2-12,16,24-26H,13-14H2,1H3. The second kappa shape index (κ2) is 7.41. The van der Waals surface area contributed by atoms with Gasteiger partial charge in [-0.1, -0.05) is 30.3 Å². The number of hydrogen-bond donors (Lipinski definition) is 2. The SMILES string of the molecule is COc1ccc(C2CC(=O)C3=C(C2)Nc2ccccc2NC3c2cccs2)cc1. The highest BCUT2D eigenvalue weighted by molar-refractivity contribution is 7.10. The predicted molar refractivity (Wildman–Crippen MR) is 118 cm³/mol. The number of hydrogen-bond acceptors (Lipinski definition) is 5. The summed E-state index contributed by atoms with van der Waals surface area (Å²) in [5.74, 6) is 1.20. The van der Waals surface area contributed by atoms with Gasteiger partial charge in [0.15, 0.2) is 5.78 Å². The minimum atomic E-state index is -0.120. The number of nitrogens with one attached hydrogen (secondary N) is 2. The average Bonchev–Trinajstić information content (AvgIpc) is 3.22. The van der Waals surface area contributed by atoms with Gasteiger partial charge in [0, 0.05) is 22.6 Å². The lowest BCUT2D eigenvalue weighted by Crippen LogP contribution is -2.26. The molecule has 1 aliphatic heterocycles. The summed E-state index contributed by atoms with van der Waals surface area (Å²) in [6, 6.07) is 20.3. The van der Waals surface area contributed by atoms with Crippen LogP contribution in [0.2, 0.25) is 0 Å². The van der Waals surface area contributed by atoms with E-state index in [9.17, 15) is 4.79 Å². The molecule has 2 N–H and O–H groups in total. The summed E-state index contributed by atoms with van der Waals surface area (Å²) >= 11 is 1.68. The minimum absolute atomic E-state index is 0.120. The number of ether oxygens (including phenoxy) is 1. The maximum absolute atomic E-state index is 13.4. The summed E-state index contributed by atoms with van der Waals surface area (Å²) in [5.41, 5.74) is 5.10. The number of methoxy groups -OCH3 is 1. The molecule has 4 nitrogen and oxygen atoms in total. The number of allylic oxidation sites excluding steroid dienone is 1. The number of fused-ring (bicyclic) bond motifs is 1. The maximum atomic E-state index is 13.4. The van der Waals surface area contributed by atoms with Crippen molar-refractivity contribution in [2.75, 3.05) is 17.7 Å². The van der Waals surface area contributed by atoms with E-state index in [0.29, 0.717) is 6.42 Å². The zero-order valence-corrected chi connectivity index (χ0v) is 17.0. The van der Waals surface area contributed by atoms with E-state index >= 15 is 0 Å². The molecule has 2 heterocycles. The van der Waals surface area contributed by atoms with Crippen molar-refractivity contribution in [3.63, 3.8) is 0 Å². The Balaban J connectivity index is 1.56. The van der Waals surface area contributed by atoms with Gasteiger partial charge in [-0.3, -0.25) is 4.79 Å². The fourth-order valence-corrected chi connectivity index (χ4v) is 5.06. The van der Waals surface area contributed by atoms with E-state index in [1.807, 2.05) is 30.3 Å². The Labute approximate surface area is 174 Å². The Morgan fingerprint density at radius 1 is 0.966 bits per heavy atom. The number of para-hydroxylation sites is 2. The van der Waals surface area contributed by atoms with Crippen LogP contribution >= 0.6 is 11.3 Å². The highest BCUT2D eigenvalue weighted by Crippen LogP contribution is 2.45. The van der Waals surface area contributed by atoms with Gasteiger partial charge in [0.05, 0.1) is 24.5 Å². The summed E-state index contributed by atoms with van der Waals surface area (Å²) < 4.78 is 5.28. The van der Waals surface area contributed by atoms with Gasteiger partial charge in [0.1, 0.15) is 5.75 Å². The van der Waals surface area contributed by atoms with Crippen LogP contribution in [-0.2, 0) is 4.79 Å². The molecule has 1 aliphatic carbocycles. The molecule has 2 aromatic carbocycles. The van der Waals surface area contributed by atoms with Crippen molar-refractivity contribution in [2.24, 2.45) is 0 Å². The Bertz CT molecular complexity index is 1070. The Morgan fingerprint density at radius 2 is 1.76 bits per heavy atom. The highest BCUT2D eigenvalue weighted by Gasteiger charge is 2.36. The minimum Gasteiger partial charge on any atom is -0.497 e. The van der Waals surface area contributed by atoms with Gasteiger partial charge >= 0.3 is 0 Å². The highest BCUT2D eigenvalue weighted by atomic mass is 32.1. The Kier molecular flexibility index (Phi) is 4.60. The third-order valence-electron chi connectivity index (χ3n) is 5.72. The van der Waals surface area contributed by atoms with Crippen LogP contribution < -0.4 is 15.4 Å². The van der Waals surface area contributed by atoms with E-state index in [-0.39, 0.29) is 17.7 Å². The topological polar surface area (TPSA) is 50.4 Å². The van der Waals surface area contributed by atoms with Crippen molar-refractivity contribution in [1.29, 1.82) is 0 Å². The van der Waals surface area contributed by atoms with Gasteiger partial charge in [-0.2, -0.15) is 0 Å². The van der Waals surface area contributed by atoms with Crippen molar-refractivity contribution >= 4 is 28.5 Å². The molecule has 0 radical (unpaired) electrons. The molecule has 0 saturated carbocycles. The molecule has 2 aliphatic rings. The summed E-state index contributed by atoms with van der Waals surface area (Å²) in [4.78, 5) is 14.5. The van der Waals surface area contributed by atoms with Crippen LogP contribution in [0, 0.1) is 0 Å². The molecule has 5 heteroatoms. The molecular formula is C24H22N2O2S. The molecule has 146 valence electrons. The van der Waals surface area contributed by atoms with Crippen molar-refractivity contribution in [2.45, 2.75) is 24.8 Å². The molecule has 5 rings (SSSR count). The molecule has 1 aromatic heterocycles. The first kappa shape index (κ1) is 18.0. The van der Waals surface area contributed by atoms with E-state index in [1.54, 1.807) is 18.4 Å². The molecule has 0 bridgehead atoms. The van der Waals surface area contributed by atoms with Crippen molar-refractivity contribution in [3.05, 3.63) is 87.8 Å². The molecule has 29 heavy (non-hydrogen) atoms. The zero-order valence-electron chi connectivity index (χ0n) is 16.1. The molecular weight excluding hydrogens is 380 g/mol. The Morgan fingerprint density at radius 3 is 2.48 bits per heavy atom. The van der Waals surface area contributed by atoms with E-state index in [2.05, 4.69) is 46.3 Å². The first-order valence-corrected chi connectivity index (χ1v) is 10.7. The number of anilines is 2. The van der Waals surface area contributed by atoms with Gasteiger partial charge in [-0.15, -0.1) is 11.3 Å². The number of thiophene rings is 1. The normalized spacial score (nSPS) is 20.8. The monoisotopic (exact) mass is 402 g/mol. The number of Topliss-reactive ketones (excluding diaryl/α,β-unsaturated/α-hetero) is 1. The quantitative estimate of drug-likeness (QED) is 0.587. The van der Waals surface area contributed by atoms with Crippen LogP contribution in [-0.4, -0.2) is 12.9 Å². The fourth-order valence-electron chi connectivity index (χ4n) is 4.27. The van der Waals surface area contributed by atoms with Crippen LogP contribution in [0.1, 0.15) is 35.2 Å². The molecule has 0 saturated heterocycles. The van der Waals surface area contributed by atoms with Crippen molar-refractivity contribution in [1.82, 2.24) is 0 Å². The summed E-state index contributed by atoms with van der Waals surface area (Å²) in [7, 11) is 1.67. The van der Waals surface area contributed by atoms with Crippen molar-refractivity contribution < 1.29 is 9.53 Å². The summed E-state index contributed by atoms with van der Waals surface area (Å²) in [5, 5.41) is 9.26. The lowest BCUT2D eigenvalue weighted by atomic mass is 9.79. The van der Waals surface area contributed by atoms with E-state index in [4.69, 9.17) is 4.74 Å². The molecule has 0 amide bonds. The second-order valence-electron chi connectivity index (χ2n) is 7.46. The first-order chi connectivity index (χ1) is 14.2. The maximum Gasteiger partial charge on any atom is 0.163 e. The largest absolute Gasteiger partial charge is 0.497 e. The van der Waals surface area contributed by atoms with E-state index < -0.39 is 0 Å². The van der Waals surface area contributed by atoms with Crippen LogP contribution in [0.15, 0.2) is 77.3 Å². The molecule has 3 aromatic rings. The third-order valence-corrected chi connectivity index (χ3v) is 6.66. The third kappa shape index (κ3) is 3.32. The predicted octanol–water partition coefficient (Wildman–Crippen LogP) is 5.74. The van der Waals surface area contributed by atoms with Crippen LogP contribution in [0.4, 0.5) is 11.4 Å². The summed E-state index contributed by atoms with van der Waals surface area (Å²) in [6.45, 7) is 0. The number of rotatable bonds is 3. The summed E-state index contributed by atoms with van der Waals surface area (Å²) in [6.07, 6.45) is 1.33. The average molecular weight is 403 g/mol. The van der Waals surface area contributed by atoms with Gasteiger partial charge in [-0.05, 0) is 53.6 Å². The molecule has 0 fully saturated rings. The number of carbonyl (C=O) groups excluding carboxylic acids is 1. The molecule has 2 unspecified atom stereocenters. The second-order valence-corrected chi connectivity index (χ2v) is 8.44. The zero-order chi connectivity index (χ0) is 19.8. The molecule has 0 spiro atoms. The van der Waals surface area contributed by atoms with Gasteiger partial charge in [0.25, 0.3) is 0 Å². The van der Waals surface area contributed by atoms with E-state index in [0.717, 1.165) is 39.7 Å². The van der Waals surface area contributed by atoms with Crippen LogP contribution in [0.25, 0.3) is 0 Å². The van der Waals surface area contributed by atoms with Crippen LogP contribution in [0.3, 0.4) is 0 Å². The van der Waals surface area contributed by atoms with Crippen molar-refractivity contribution in [3.8, 4) is 5.75 Å². The number of benzene rings is 2. The van der Waals surface area contributed by atoms with E-state index in [1.165, 1.54) is 5.56 Å². The van der Waals surface area contributed by atoms with Gasteiger partial charge in [-0.25, -0.2) is 0 Å². The first-order valence-electron chi connectivity index (χ1n) is 9.79. The number of ketones is 1. The lowest BCUT2D eigenvalue weighted by Gasteiger charge is -2.29. The fraction of sp³-hybridized carbons (Fsp3) is 0.208. The van der Waals surface area contributed by atoms with Gasteiger partial charge < -0.3 is 15.4 Å². The van der Waals surface area contributed by atoms with Crippen LogP contribution in [0.5, 0.6) is 5.75 Å². The Hall–Kier alpha value is -3.05. The number of carbonyl (C=O) groups is 1. The molecule has 2 atom stereocenters. The lowest BCUT2D eigenvalue weighted by molar-refractivity contribution is -0.116. The smallest absolute Gasteiger partial charge is 0.163 e. The van der Waals surface area contributed by atoms with Gasteiger partial charge in [0.2, 0.25) is 0 Å².